The van der Waals surface area contributed by atoms with E-state index in [-0.39, 0.29) is 6.17 Å². The number of rotatable bonds is 4. The van der Waals surface area contributed by atoms with Crippen LogP contribution in [0.4, 0.5) is 0 Å². The highest BCUT2D eigenvalue weighted by atomic mass is 15.3. The van der Waals surface area contributed by atoms with Crippen molar-refractivity contribution in [2.45, 2.75) is 26.4 Å². The maximum Gasteiger partial charge on any atom is 0.142 e. The summed E-state index contributed by atoms with van der Waals surface area (Å²) >= 11 is 0. The van der Waals surface area contributed by atoms with E-state index in [1.165, 1.54) is 6.42 Å². The lowest BCUT2D eigenvalue weighted by Gasteiger charge is -2.23. The first-order chi connectivity index (χ1) is 8.17. The minimum absolute atomic E-state index is 0.0106. The van der Waals surface area contributed by atoms with Crippen LogP contribution in [0.5, 0.6) is 0 Å². The van der Waals surface area contributed by atoms with Crippen molar-refractivity contribution in [1.82, 2.24) is 9.80 Å². The van der Waals surface area contributed by atoms with Gasteiger partial charge in [-0.2, -0.15) is 10.2 Å². The van der Waals surface area contributed by atoms with Crippen molar-refractivity contribution in [3.63, 3.8) is 0 Å². The molecule has 1 rings (SSSR count). The Hall–Kier alpha value is -1.00. The molecule has 0 radical (unpaired) electrons. The second-order valence-corrected chi connectivity index (χ2v) is 4.49. The van der Waals surface area contributed by atoms with Crippen LogP contribution in [0.1, 0.15) is 20.3 Å². The summed E-state index contributed by atoms with van der Waals surface area (Å²) in [5.74, 6) is 0. The fraction of sp³-hybridized carbons (Fsp3) is 0.692. The van der Waals surface area contributed by atoms with E-state index >= 15 is 0 Å². The third-order valence-electron chi connectivity index (χ3n) is 3.09. The molecular formula is C13H24N4. The summed E-state index contributed by atoms with van der Waals surface area (Å²) in [5.41, 5.74) is 0.948. The molecule has 1 unspecified atom stereocenters. The number of likely N-dealkylation sites (N-methyl/N-ethyl adjacent to an activating group) is 1. The van der Waals surface area contributed by atoms with Crippen LogP contribution in [-0.2, 0) is 0 Å². The lowest BCUT2D eigenvalue weighted by atomic mass is 10.3. The van der Waals surface area contributed by atoms with Crippen LogP contribution >= 0.6 is 0 Å². The Morgan fingerprint density at radius 3 is 2.71 bits per heavy atom. The Bertz CT molecular complexity index is 296. The minimum atomic E-state index is 0.0106. The maximum atomic E-state index is 4.35. The molecule has 0 N–H and O–H groups in total. The Morgan fingerprint density at radius 2 is 2.06 bits per heavy atom. The van der Waals surface area contributed by atoms with Gasteiger partial charge in [-0.3, -0.25) is 4.90 Å². The van der Waals surface area contributed by atoms with Crippen LogP contribution in [0.25, 0.3) is 0 Å². The van der Waals surface area contributed by atoms with E-state index in [1.54, 1.807) is 0 Å². The molecule has 1 saturated heterocycles. The molecule has 0 aliphatic carbocycles. The molecule has 96 valence electrons. The van der Waals surface area contributed by atoms with Gasteiger partial charge >= 0.3 is 0 Å². The van der Waals surface area contributed by atoms with Crippen molar-refractivity contribution < 1.29 is 0 Å². The lowest BCUT2D eigenvalue weighted by Crippen LogP contribution is -2.35. The predicted molar refractivity (Wildman–Crippen MR) is 72.0 cm³/mol. The number of azo groups is 1. The van der Waals surface area contributed by atoms with Crippen molar-refractivity contribution in [3.8, 4) is 0 Å². The molecule has 0 aromatic carbocycles. The van der Waals surface area contributed by atoms with Gasteiger partial charge in [0.2, 0.25) is 0 Å². The summed E-state index contributed by atoms with van der Waals surface area (Å²) in [6.07, 6.45) is 5.02. The van der Waals surface area contributed by atoms with E-state index in [0.29, 0.717) is 0 Å². The van der Waals surface area contributed by atoms with Gasteiger partial charge in [0.1, 0.15) is 6.17 Å². The zero-order valence-corrected chi connectivity index (χ0v) is 11.3. The Kier molecular flexibility index (Phi) is 6.08. The van der Waals surface area contributed by atoms with E-state index in [9.17, 15) is 0 Å². The zero-order valence-electron chi connectivity index (χ0n) is 11.3. The largest absolute Gasteiger partial charge is 0.305 e. The summed E-state index contributed by atoms with van der Waals surface area (Å²) in [4.78, 5) is 4.69. The highest BCUT2D eigenvalue weighted by Gasteiger charge is 2.17. The number of hydrogen-bond donors (Lipinski definition) is 0. The van der Waals surface area contributed by atoms with Crippen molar-refractivity contribution >= 4 is 0 Å². The van der Waals surface area contributed by atoms with E-state index in [1.807, 2.05) is 26.0 Å². The van der Waals surface area contributed by atoms with Gasteiger partial charge < -0.3 is 4.90 Å². The maximum absolute atomic E-state index is 4.35. The molecule has 0 aromatic heterocycles. The van der Waals surface area contributed by atoms with Crippen molar-refractivity contribution in [3.05, 3.63) is 24.4 Å². The van der Waals surface area contributed by atoms with Gasteiger partial charge in [0.05, 0.1) is 5.70 Å². The van der Waals surface area contributed by atoms with Gasteiger partial charge in [-0.1, -0.05) is 18.7 Å². The molecule has 4 nitrogen and oxygen atoms in total. The standard InChI is InChI=1S/C13H24N4/c1-5-12(3)14-15-13(6-2)17-9-7-8-16(4)10-11-17/h5-6,13H,2,7-11H2,1,3-4H3/b12-5-,15-14?. The van der Waals surface area contributed by atoms with E-state index in [4.69, 9.17) is 0 Å². The molecule has 4 heteroatoms. The topological polar surface area (TPSA) is 31.2 Å². The van der Waals surface area contributed by atoms with E-state index in [2.05, 4.69) is 33.7 Å². The monoisotopic (exact) mass is 236 g/mol. The van der Waals surface area contributed by atoms with Gasteiger partial charge in [-0.15, -0.1) is 0 Å². The summed E-state index contributed by atoms with van der Waals surface area (Å²) in [6.45, 7) is 12.1. The first-order valence-electron chi connectivity index (χ1n) is 6.26. The highest BCUT2D eigenvalue weighted by Crippen LogP contribution is 2.10. The summed E-state index contributed by atoms with van der Waals surface area (Å²) in [6, 6.07) is 0. The van der Waals surface area contributed by atoms with Crippen LogP contribution in [0.2, 0.25) is 0 Å². The van der Waals surface area contributed by atoms with Crippen LogP contribution < -0.4 is 0 Å². The molecule has 1 heterocycles. The number of allylic oxidation sites excluding steroid dienone is 2. The van der Waals surface area contributed by atoms with Crippen LogP contribution in [0, 0.1) is 0 Å². The summed E-state index contributed by atoms with van der Waals surface area (Å²) in [5, 5.41) is 8.55. The SMILES string of the molecule is C=CC(N=N/C(C)=C\C)N1CCCN(C)CC1. The second kappa shape index (κ2) is 7.35. The Morgan fingerprint density at radius 1 is 1.29 bits per heavy atom. The van der Waals surface area contributed by atoms with Crippen molar-refractivity contribution in [1.29, 1.82) is 0 Å². The first-order valence-corrected chi connectivity index (χ1v) is 6.26. The molecular weight excluding hydrogens is 212 g/mol. The van der Waals surface area contributed by atoms with Crippen LogP contribution in [0.3, 0.4) is 0 Å². The zero-order chi connectivity index (χ0) is 12.7. The van der Waals surface area contributed by atoms with E-state index < -0.39 is 0 Å². The smallest absolute Gasteiger partial charge is 0.142 e. The number of hydrogen-bond acceptors (Lipinski definition) is 4. The molecule has 0 bridgehead atoms. The van der Waals surface area contributed by atoms with Gasteiger partial charge in [0.25, 0.3) is 0 Å². The Balaban J connectivity index is 2.60. The molecule has 0 saturated carbocycles. The molecule has 1 atom stereocenters. The summed E-state index contributed by atoms with van der Waals surface area (Å²) < 4.78 is 0. The van der Waals surface area contributed by atoms with Gasteiger partial charge in [0, 0.05) is 19.6 Å². The van der Waals surface area contributed by atoms with Crippen molar-refractivity contribution in [2.75, 3.05) is 33.2 Å². The molecule has 0 amide bonds. The fourth-order valence-corrected chi connectivity index (χ4v) is 1.81. The Labute approximate surface area is 105 Å². The normalized spacial score (nSPS) is 22.6. The molecule has 1 aliphatic heterocycles. The molecule has 1 fully saturated rings. The highest BCUT2D eigenvalue weighted by molar-refractivity contribution is 4.93. The third-order valence-corrected chi connectivity index (χ3v) is 3.09. The van der Waals surface area contributed by atoms with Crippen molar-refractivity contribution in [2.24, 2.45) is 10.2 Å². The van der Waals surface area contributed by atoms with Gasteiger partial charge in [-0.05, 0) is 33.9 Å². The molecule has 0 spiro atoms. The molecule has 17 heavy (non-hydrogen) atoms. The third kappa shape index (κ3) is 4.79. The fourth-order valence-electron chi connectivity index (χ4n) is 1.81. The van der Waals surface area contributed by atoms with Crippen LogP contribution in [0.15, 0.2) is 34.7 Å². The van der Waals surface area contributed by atoms with E-state index in [0.717, 1.165) is 31.9 Å². The first kappa shape index (κ1) is 14.1. The lowest BCUT2D eigenvalue weighted by molar-refractivity contribution is 0.234. The molecule has 1 aliphatic rings. The molecule has 0 aromatic rings. The summed E-state index contributed by atoms with van der Waals surface area (Å²) in [7, 11) is 2.16. The average molecular weight is 236 g/mol. The minimum Gasteiger partial charge on any atom is -0.305 e. The quantitative estimate of drug-likeness (QED) is 0.555. The average Bonchev–Trinajstić information content (AvgIpc) is 2.55. The second-order valence-electron chi connectivity index (χ2n) is 4.49. The van der Waals surface area contributed by atoms with Crippen LogP contribution in [-0.4, -0.2) is 49.2 Å². The number of nitrogens with zero attached hydrogens (tertiary/aromatic N) is 4. The van der Waals surface area contributed by atoms with Gasteiger partial charge in [-0.25, -0.2) is 0 Å². The predicted octanol–water partition coefficient (Wildman–Crippen LogP) is 2.51. The van der Waals surface area contributed by atoms with Gasteiger partial charge in [0.15, 0.2) is 0 Å².